The zero-order valence-electron chi connectivity index (χ0n) is 13.7. The molecule has 23 heavy (non-hydrogen) atoms. The number of rotatable bonds is 5. The van der Waals surface area contributed by atoms with Crippen molar-refractivity contribution >= 4 is 22.2 Å². The van der Waals surface area contributed by atoms with E-state index < -0.39 is 0 Å². The van der Waals surface area contributed by atoms with Crippen molar-refractivity contribution in [3.63, 3.8) is 0 Å². The molecule has 1 heterocycles. The van der Waals surface area contributed by atoms with Gasteiger partial charge in [0.15, 0.2) is 0 Å². The summed E-state index contributed by atoms with van der Waals surface area (Å²) in [6, 6.07) is 7.95. The number of nitrogens with one attached hydrogen (secondary N) is 1. The van der Waals surface area contributed by atoms with Crippen molar-refractivity contribution in [2.24, 2.45) is 11.0 Å². The second-order valence-electron chi connectivity index (χ2n) is 5.97. The normalized spacial score (nSPS) is 16.3. The molecule has 1 aromatic carbocycles. The van der Waals surface area contributed by atoms with Crippen LogP contribution in [0.15, 0.2) is 34.7 Å². The van der Waals surface area contributed by atoms with E-state index in [2.05, 4.69) is 27.8 Å². The van der Waals surface area contributed by atoms with E-state index in [0.29, 0.717) is 5.92 Å². The minimum Gasteiger partial charge on any atom is -0.497 e. The number of methoxy groups -OCH3 is 1. The Bertz CT molecular complexity index is 657. The molecular weight excluding hydrogens is 306 g/mol. The lowest BCUT2D eigenvalue weighted by molar-refractivity contribution is 0.415. The molecule has 0 saturated heterocycles. The fourth-order valence-corrected chi connectivity index (χ4v) is 3.63. The van der Waals surface area contributed by atoms with E-state index in [0.717, 1.165) is 22.1 Å². The fraction of sp³-hybridized carbons (Fsp3) is 0.444. The number of nitrogens with zero attached hydrogens (tertiary/aromatic N) is 2. The Morgan fingerprint density at radius 3 is 2.65 bits per heavy atom. The van der Waals surface area contributed by atoms with Crippen LogP contribution in [0.1, 0.15) is 39.0 Å². The van der Waals surface area contributed by atoms with Crippen LogP contribution in [-0.2, 0) is 0 Å². The zero-order chi connectivity index (χ0) is 16.1. The summed E-state index contributed by atoms with van der Waals surface area (Å²) in [5.74, 6) is 1.49. The van der Waals surface area contributed by atoms with Crippen LogP contribution >= 0.6 is 11.3 Å². The minimum atomic E-state index is 0.636. The van der Waals surface area contributed by atoms with E-state index >= 15 is 0 Å². The van der Waals surface area contributed by atoms with Gasteiger partial charge in [-0.25, -0.2) is 4.98 Å². The Kier molecular flexibility index (Phi) is 5.28. The summed E-state index contributed by atoms with van der Waals surface area (Å²) in [6.45, 7) is 2.13. The second-order valence-corrected chi connectivity index (χ2v) is 6.82. The maximum atomic E-state index is 5.18. The Morgan fingerprint density at radius 1 is 1.22 bits per heavy atom. The number of hydrazone groups is 1. The van der Waals surface area contributed by atoms with Crippen LogP contribution in [0, 0.1) is 5.92 Å². The van der Waals surface area contributed by atoms with Gasteiger partial charge in [-0.2, -0.15) is 5.10 Å². The highest BCUT2D eigenvalue weighted by Gasteiger charge is 2.16. The SMILES string of the molecule is COc1ccc(-c2csc(N/N=C(\C)C3CCCCC3)n2)cc1. The third-order valence-corrected chi connectivity index (χ3v) is 5.16. The molecule has 2 aromatic rings. The van der Waals surface area contributed by atoms with Crippen LogP contribution in [0.5, 0.6) is 5.75 Å². The molecule has 1 fully saturated rings. The molecule has 0 bridgehead atoms. The molecule has 3 rings (SSSR count). The van der Waals surface area contributed by atoms with Crippen LogP contribution in [0.3, 0.4) is 0 Å². The minimum absolute atomic E-state index is 0.636. The molecule has 0 atom stereocenters. The van der Waals surface area contributed by atoms with Gasteiger partial charge in [-0.1, -0.05) is 19.3 Å². The maximum absolute atomic E-state index is 5.18. The van der Waals surface area contributed by atoms with Gasteiger partial charge in [0.1, 0.15) is 5.75 Å². The van der Waals surface area contributed by atoms with Crippen molar-refractivity contribution in [2.75, 3.05) is 12.5 Å². The van der Waals surface area contributed by atoms with Gasteiger partial charge in [-0.3, -0.25) is 5.43 Å². The van der Waals surface area contributed by atoms with E-state index in [1.54, 1.807) is 18.4 Å². The van der Waals surface area contributed by atoms with E-state index in [4.69, 9.17) is 4.74 Å². The lowest BCUT2D eigenvalue weighted by atomic mass is 9.86. The first kappa shape index (κ1) is 16.0. The van der Waals surface area contributed by atoms with Gasteiger partial charge in [0.25, 0.3) is 0 Å². The first-order valence-corrected chi connectivity index (χ1v) is 9.04. The number of thiazole rings is 1. The predicted molar refractivity (Wildman–Crippen MR) is 97.4 cm³/mol. The number of ether oxygens (including phenoxy) is 1. The van der Waals surface area contributed by atoms with Gasteiger partial charge >= 0.3 is 0 Å². The van der Waals surface area contributed by atoms with Crippen LogP contribution in [0.25, 0.3) is 11.3 Å². The third-order valence-electron chi connectivity index (χ3n) is 4.41. The van der Waals surface area contributed by atoms with Crippen LogP contribution < -0.4 is 10.2 Å². The topological polar surface area (TPSA) is 46.5 Å². The highest BCUT2D eigenvalue weighted by molar-refractivity contribution is 7.14. The van der Waals surface area contributed by atoms with E-state index in [9.17, 15) is 0 Å². The highest BCUT2D eigenvalue weighted by atomic mass is 32.1. The van der Waals surface area contributed by atoms with E-state index in [1.807, 2.05) is 24.3 Å². The van der Waals surface area contributed by atoms with Gasteiger partial charge in [0.05, 0.1) is 12.8 Å². The Labute approximate surface area is 141 Å². The molecule has 1 aliphatic carbocycles. The van der Waals surface area contributed by atoms with Crippen molar-refractivity contribution < 1.29 is 4.74 Å². The summed E-state index contributed by atoms with van der Waals surface area (Å²) in [5.41, 5.74) is 6.37. The zero-order valence-corrected chi connectivity index (χ0v) is 14.5. The molecule has 0 radical (unpaired) electrons. The van der Waals surface area contributed by atoms with Crippen LogP contribution in [0.2, 0.25) is 0 Å². The third kappa shape index (κ3) is 4.10. The lowest BCUT2D eigenvalue weighted by Gasteiger charge is -2.20. The van der Waals surface area contributed by atoms with Crippen molar-refractivity contribution in [1.29, 1.82) is 0 Å². The molecule has 1 aliphatic rings. The van der Waals surface area contributed by atoms with Crippen molar-refractivity contribution in [3.8, 4) is 17.0 Å². The molecule has 1 saturated carbocycles. The predicted octanol–water partition coefficient (Wildman–Crippen LogP) is 5.19. The molecule has 0 amide bonds. The number of aromatic nitrogens is 1. The summed E-state index contributed by atoms with van der Waals surface area (Å²) >= 11 is 1.58. The van der Waals surface area contributed by atoms with Gasteiger partial charge < -0.3 is 4.74 Å². The molecular formula is C18H23N3OS. The molecule has 1 N–H and O–H groups in total. The molecule has 1 aromatic heterocycles. The summed E-state index contributed by atoms with van der Waals surface area (Å²) in [7, 11) is 1.67. The smallest absolute Gasteiger partial charge is 0.203 e. The lowest BCUT2D eigenvalue weighted by Crippen LogP contribution is -2.16. The standard InChI is InChI=1S/C18H23N3OS/c1-13(14-6-4-3-5-7-14)20-21-18-19-17(12-23-18)15-8-10-16(22-2)11-9-15/h8-12,14H,3-7H2,1-2H3,(H,19,21)/b20-13+. The first-order chi connectivity index (χ1) is 11.3. The fourth-order valence-electron chi connectivity index (χ4n) is 2.97. The van der Waals surface area contributed by atoms with Crippen LogP contribution in [-0.4, -0.2) is 17.8 Å². The maximum Gasteiger partial charge on any atom is 0.203 e. The van der Waals surface area contributed by atoms with E-state index in [-0.39, 0.29) is 0 Å². The number of hydrogen-bond acceptors (Lipinski definition) is 5. The summed E-state index contributed by atoms with van der Waals surface area (Å²) in [4.78, 5) is 4.61. The quantitative estimate of drug-likeness (QED) is 0.607. The largest absolute Gasteiger partial charge is 0.497 e. The second kappa shape index (κ2) is 7.59. The molecule has 0 unspecified atom stereocenters. The molecule has 0 aliphatic heterocycles. The van der Waals surface area contributed by atoms with Crippen molar-refractivity contribution in [1.82, 2.24) is 4.98 Å². The molecule has 0 spiro atoms. The average molecular weight is 329 g/mol. The molecule has 122 valence electrons. The van der Waals surface area contributed by atoms with Gasteiger partial charge in [0, 0.05) is 16.7 Å². The average Bonchev–Trinajstić information content (AvgIpc) is 3.09. The van der Waals surface area contributed by atoms with Gasteiger partial charge in [-0.15, -0.1) is 11.3 Å². The monoisotopic (exact) mass is 329 g/mol. The molecule has 4 nitrogen and oxygen atoms in total. The van der Waals surface area contributed by atoms with Crippen molar-refractivity contribution in [2.45, 2.75) is 39.0 Å². The summed E-state index contributed by atoms with van der Waals surface area (Å²) in [5, 5.41) is 7.44. The van der Waals surface area contributed by atoms with E-state index in [1.165, 1.54) is 37.8 Å². The Hall–Kier alpha value is -1.88. The Balaban J connectivity index is 1.64. The number of anilines is 1. The summed E-state index contributed by atoms with van der Waals surface area (Å²) < 4.78 is 5.18. The van der Waals surface area contributed by atoms with Gasteiger partial charge in [0.2, 0.25) is 5.13 Å². The highest BCUT2D eigenvalue weighted by Crippen LogP contribution is 2.27. The number of benzene rings is 1. The molecule has 5 heteroatoms. The summed E-state index contributed by atoms with van der Waals surface area (Å²) in [6.07, 6.45) is 6.57. The van der Waals surface area contributed by atoms with Crippen molar-refractivity contribution in [3.05, 3.63) is 29.6 Å². The number of hydrogen-bond donors (Lipinski definition) is 1. The first-order valence-electron chi connectivity index (χ1n) is 8.16. The van der Waals surface area contributed by atoms with Crippen LogP contribution in [0.4, 0.5) is 5.13 Å². The van der Waals surface area contributed by atoms with Gasteiger partial charge in [-0.05, 0) is 49.9 Å². The Morgan fingerprint density at radius 2 is 1.96 bits per heavy atom.